The summed E-state index contributed by atoms with van der Waals surface area (Å²) in [6.45, 7) is 0. The van der Waals surface area contributed by atoms with Crippen LogP contribution in [0.15, 0.2) is 101 Å². The zero-order valence-electron chi connectivity index (χ0n) is 15.8. The Bertz CT molecular complexity index is 1170. The number of carbonyl (C=O) groups is 1. The number of rotatable bonds is 5. The normalized spacial score (nSPS) is 15.1. The van der Waals surface area contributed by atoms with Crippen LogP contribution in [-0.4, -0.2) is 27.9 Å². The molecule has 3 aromatic carbocycles. The van der Waals surface area contributed by atoms with E-state index in [4.69, 9.17) is 0 Å². The third kappa shape index (κ3) is 4.05. The number of hydrogen-bond acceptors (Lipinski definition) is 5. The molecule has 0 atom stereocenters. The van der Waals surface area contributed by atoms with E-state index in [1.165, 1.54) is 23.4 Å². The maximum absolute atomic E-state index is 13.0. The zero-order valence-corrected chi connectivity index (χ0v) is 15.8. The maximum atomic E-state index is 13.0. The highest BCUT2D eigenvalue weighted by Gasteiger charge is 2.31. The first-order chi connectivity index (χ1) is 14.6. The van der Waals surface area contributed by atoms with Crippen molar-refractivity contribution >= 4 is 29.7 Å². The highest BCUT2D eigenvalue weighted by molar-refractivity contribution is 6.19. The van der Waals surface area contributed by atoms with Gasteiger partial charge in [0.25, 0.3) is 11.6 Å². The number of amides is 1. The van der Waals surface area contributed by atoms with Crippen LogP contribution in [0.4, 0.5) is 5.69 Å². The van der Waals surface area contributed by atoms with Gasteiger partial charge in [-0.3, -0.25) is 14.9 Å². The predicted molar refractivity (Wildman–Crippen MR) is 115 cm³/mol. The summed E-state index contributed by atoms with van der Waals surface area (Å²) in [5.41, 5.74) is 2.51. The molecule has 0 saturated heterocycles. The number of amidine groups is 1. The van der Waals surface area contributed by atoms with E-state index in [9.17, 15) is 14.9 Å². The summed E-state index contributed by atoms with van der Waals surface area (Å²) in [5, 5.41) is 16.4. The smallest absolute Gasteiger partial charge is 0.265 e. The van der Waals surface area contributed by atoms with E-state index in [0.717, 1.165) is 11.1 Å². The summed E-state index contributed by atoms with van der Waals surface area (Å²) in [6, 6.07) is 24.7. The minimum atomic E-state index is -0.467. The molecule has 1 amide bonds. The number of non-ortho nitro benzene ring substituents is 1. The lowest BCUT2D eigenvalue weighted by Gasteiger charge is -2.11. The number of aliphatic imine (C=N–C) groups is 1. The Morgan fingerprint density at radius 1 is 0.867 bits per heavy atom. The fraction of sp³-hybridized carbons (Fsp3) is 0. The molecule has 0 radical (unpaired) electrons. The Hall–Kier alpha value is -4.39. The molecular formula is C23H16N4O3. The van der Waals surface area contributed by atoms with Gasteiger partial charge in [0.1, 0.15) is 5.70 Å². The molecule has 0 fully saturated rings. The van der Waals surface area contributed by atoms with Crippen molar-refractivity contribution in [3.63, 3.8) is 0 Å². The monoisotopic (exact) mass is 396 g/mol. The molecule has 0 aliphatic carbocycles. The molecule has 146 valence electrons. The zero-order chi connectivity index (χ0) is 20.9. The van der Waals surface area contributed by atoms with Crippen LogP contribution in [0.1, 0.15) is 16.7 Å². The van der Waals surface area contributed by atoms with E-state index in [-0.39, 0.29) is 17.3 Å². The molecule has 0 bridgehead atoms. The summed E-state index contributed by atoms with van der Waals surface area (Å²) in [5.74, 6) is 0.0665. The average molecular weight is 396 g/mol. The molecule has 0 spiro atoms. The van der Waals surface area contributed by atoms with Crippen LogP contribution >= 0.6 is 0 Å². The molecule has 7 heteroatoms. The van der Waals surface area contributed by atoms with Crippen LogP contribution in [0.5, 0.6) is 0 Å². The van der Waals surface area contributed by atoms with Gasteiger partial charge in [0.15, 0.2) is 5.84 Å². The van der Waals surface area contributed by atoms with Crippen molar-refractivity contribution < 1.29 is 9.72 Å². The molecule has 0 unspecified atom stereocenters. The molecule has 30 heavy (non-hydrogen) atoms. The van der Waals surface area contributed by atoms with Gasteiger partial charge in [-0.1, -0.05) is 60.7 Å². The average Bonchev–Trinajstić information content (AvgIpc) is 3.09. The second kappa shape index (κ2) is 8.32. The molecule has 4 rings (SSSR count). The summed E-state index contributed by atoms with van der Waals surface area (Å²) in [6.07, 6.45) is 3.19. The van der Waals surface area contributed by atoms with Crippen LogP contribution in [0.25, 0.3) is 6.08 Å². The molecule has 3 aromatic rings. The van der Waals surface area contributed by atoms with Gasteiger partial charge in [0.05, 0.1) is 11.1 Å². The molecule has 1 heterocycles. The van der Waals surface area contributed by atoms with Gasteiger partial charge in [-0.05, 0) is 29.3 Å². The van der Waals surface area contributed by atoms with Crippen LogP contribution in [0.3, 0.4) is 0 Å². The SMILES string of the molecule is O=C1/C(=C/c2ccccc2)N=C(c2ccccc2)N1/N=C/c1ccc([N+](=O)[O-])cc1. The predicted octanol–water partition coefficient (Wildman–Crippen LogP) is 4.26. The topological polar surface area (TPSA) is 88.2 Å². The second-order valence-corrected chi connectivity index (χ2v) is 6.45. The van der Waals surface area contributed by atoms with Crippen molar-refractivity contribution in [2.24, 2.45) is 10.1 Å². The third-order valence-corrected chi connectivity index (χ3v) is 4.40. The van der Waals surface area contributed by atoms with Crippen LogP contribution < -0.4 is 0 Å². The van der Waals surface area contributed by atoms with Gasteiger partial charge >= 0.3 is 0 Å². The number of carbonyl (C=O) groups excluding carboxylic acids is 1. The van der Waals surface area contributed by atoms with Crippen LogP contribution in [-0.2, 0) is 4.79 Å². The number of nitro benzene ring substituents is 1. The van der Waals surface area contributed by atoms with Crippen molar-refractivity contribution in [3.05, 3.63) is 117 Å². The highest BCUT2D eigenvalue weighted by atomic mass is 16.6. The molecule has 1 aliphatic rings. The minimum absolute atomic E-state index is 0.0102. The Morgan fingerprint density at radius 2 is 1.50 bits per heavy atom. The Kier molecular flexibility index (Phi) is 5.25. The first-order valence-corrected chi connectivity index (χ1v) is 9.15. The van der Waals surface area contributed by atoms with Crippen molar-refractivity contribution in [2.45, 2.75) is 0 Å². The van der Waals surface area contributed by atoms with Gasteiger partial charge < -0.3 is 0 Å². The molecular weight excluding hydrogens is 380 g/mol. The van der Waals surface area contributed by atoms with E-state index >= 15 is 0 Å². The second-order valence-electron chi connectivity index (χ2n) is 6.45. The summed E-state index contributed by atoms with van der Waals surface area (Å²) < 4.78 is 0. The van der Waals surface area contributed by atoms with Gasteiger partial charge in [-0.2, -0.15) is 10.1 Å². The summed E-state index contributed by atoms with van der Waals surface area (Å²) in [4.78, 5) is 27.9. The number of nitrogens with zero attached hydrogens (tertiary/aromatic N) is 4. The van der Waals surface area contributed by atoms with Crippen LogP contribution in [0.2, 0.25) is 0 Å². The Balaban J connectivity index is 1.68. The maximum Gasteiger partial charge on any atom is 0.298 e. The fourth-order valence-corrected chi connectivity index (χ4v) is 2.90. The number of nitro groups is 1. The third-order valence-electron chi connectivity index (χ3n) is 4.40. The lowest BCUT2D eigenvalue weighted by Crippen LogP contribution is -2.27. The number of hydrogen-bond donors (Lipinski definition) is 0. The first kappa shape index (κ1) is 18.9. The molecule has 0 aromatic heterocycles. The standard InChI is InChI=1S/C23H16N4O3/c28-23-21(15-17-7-3-1-4-8-17)25-22(19-9-5-2-6-10-19)26(23)24-16-18-11-13-20(14-12-18)27(29)30/h1-16H/b21-15-,24-16+. The lowest BCUT2D eigenvalue weighted by molar-refractivity contribution is -0.384. The quantitative estimate of drug-likeness (QED) is 0.279. The van der Waals surface area contributed by atoms with E-state index in [2.05, 4.69) is 10.1 Å². The number of hydrazone groups is 1. The van der Waals surface area contributed by atoms with Crippen molar-refractivity contribution in [1.29, 1.82) is 0 Å². The van der Waals surface area contributed by atoms with Gasteiger partial charge in [-0.15, -0.1) is 0 Å². The summed E-state index contributed by atoms with van der Waals surface area (Å²) >= 11 is 0. The van der Waals surface area contributed by atoms with Gasteiger partial charge in [-0.25, -0.2) is 4.99 Å². The van der Waals surface area contributed by atoms with Crippen LogP contribution in [0, 0.1) is 10.1 Å². The van der Waals surface area contributed by atoms with E-state index in [0.29, 0.717) is 11.4 Å². The molecule has 0 saturated carbocycles. The first-order valence-electron chi connectivity index (χ1n) is 9.15. The highest BCUT2D eigenvalue weighted by Crippen LogP contribution is 2.22. The van der Waals surface area contributed by atoms with Gasteiger partial charge in [0, 0.05) is 17.7 Å². The summed E-state index contributed by atoms with van der Waals surface area (Å²) in [7, 11) is 0. The molecule has 7 nitrogen and oxygen atoms in total. The Labute approximate surface area is 172 Å². The Morgan fingerprint density at radius 3 is 2.13 bits per heavy atom. The van der Waals surface area contributed by atoms with E-state index in [1.807, 2.05) is 60.7 Å². The lowest BCUT2D eigenvalue weighted by atomic mass is 10.2. The van der Waals surface area contributed by atoms with Crippen molar-refractivity contribution in [3.8, 4) is 0 Å². The van der Waals surface area contributed by atoms with E-state index < -0.39 is 4.92 Å². The number of benzene rings is 3. The van der Waals surface area contributed by atoms with E-state index in [1.54, 1.807) is 18.2 Å². The largest absolute Gasteiger partial charge is 0.298 e. The van der Waals surface area contributed by atoms with Crippen molar-refractivity contribution in [1.82, 2.24) is 5.01 Å². The minimum Gasteiger partial charge on any atom is -0.265 e. The molecule has 1 aliphatic heterocycles. The van der Waals surface area contributed by atoms with Crippen molar-refractivity contribution in [2.75, 3.05) is 0 Å². The fourth-order valence-electron chi connectivity index (χ4n) is 2.90. The molecule has 0 N–H and O–H groups in total. The van der Waals surface area contributed by atoms with Gasteiger partial charge in [0.2, 0.25) is 0 Å².